The molecule has 0 spiro atoms. The molecule has 9 unspecified atom stereocenters. The van der Waals surface area contributed by atoms with Crippen LogP contribution in [0, 0.1) is 5.92 Å². The molecule has 1 aliphatic carbocycles. The molecule has 1 saturated heterocycles. The molecule has 2 aromatic carbocycles. The molecule has 0 bridgehead atoms. The molecule has 3 aromatic rings. The van der Waals surface area contributed by atoms with Gasteiger partial charge in [0.05, 0.1) is 24.2 Å². The highest BCUT2D eigenvalue weighted by molar-refractivity contribution is 5.96. The Kier molecular flexibility index (Phi) is 7.54. The number of aromatic hydroxyl groups is 3. The SMILES string of the molecule is O=c1c2cc(OC3OC(CO)C(O)C(O)C3O)c(O)cc2oc2cc(O)c(C3CC(O)C(O)C(CO)C3)c(O)c12. The highest BCUT2D eigenvalue weighted by Gasteiger charge is 2.45. The van der Waals surface area contributed by atoms with Crippen molar-refractivity contribution in [1.82, 2.24) is 0 Å². The smallest absolute Gasteiger partial charge is 0.229 e. The van der Waals surface area contributed by atoms with E-state index >= 15 is 0 Å². The number of fused-ring (bicyclic) bond motifs is 2. The van der Waals surface area contributed by atoms with E-state index in [1.807, 2.05) is 0 Å². The molecule has 5 rings (SSSR count). The molecule has 1 aromatic heterocycles. The highest BCUT2D eigenvalue weighted by atomic mass is 16.7. The lowest BCUT2D eigenvalue weighted by atomic mass is 9.74. The number of hydrogen-bond acceptors (Lipinski definition) is 14. The molecule has 1 saturated carbocycles. The third-order valence-corrected chi connectivity index (χ3v) is 7.76. The van der Waals surface area contributed by atoms with Gasteiger partial charge in [0.2, 0.25) is 11.7 Å². The van der Waals surface area contributed by atoms with Crippen LogP contribution in [-0.2, 0) is 4.74 Å². The molecule has 1 aliphatic heterocycles. The monoisotopic (exact) mass is 566 g/mol. The van der Waals surface area contributed by atoms with Gasteiger partial charge < -0.3 is 65.0 Å². The quantitative estimate of drug-likeness (QED) is 0.157. The molecule has 2 heterocycles. The fourth-order valence-corrected chi connectivity index (χ4v) is 5.56. The van der Waals surface area contributed by atoms with E-state index in [-0.39, 0.29) is 40.3 Å². The van der Waals surface area contributed by atoms with Gasteiger partial charge in [-0.25, -0.2) is 0 Å². The van der Waals surface area contributed by atoms with Gasteiger partial charge in [-0.1, -0.05) is 0 Å². The molecule has 10 N–H and O–H groups in total. The first kappa shape index (κ1) is 28.3. The molecule has 218 valence electrons. The minimum atomic E-state index is -1.79. The van der Waals surface area contributed by atoms with Gasteiger partial charge in [0.15, 0.2) is 11.5 Å². The van der Waals surface area contributed by atoms with Crippen LogP contribution in [0.5, 0.6) is 23.0 Å². The number of rotatable bonds is 5. The summed E-state index contributed by atoms with van der Waals surface area (Å²) >= 11 is 0. The first-order valence-corrected chi connectivity index (χ1v) is 12.6. The second-order valence-electron chi connectivity index (χ2n) is 10.3. The summed E-state index contributed by atoms with van der Waals surface area (Å²) in [5, 5.41) is 101. The van der Waals surface area contributed by atoms with Crippen molar-refractivity contribution in [3.63, 3.8) is 0 Å². The molecule has 2 fully saturated rings. The van der Waals surface area contributed by atoms with Crippen molar-refractivity contribution < 1.29 is 65.0 Å². The van der Waals surface area contributed by atoms with E-state index in [0.717, 1.165) is 18.2 Å². The van der Waals surface area contributed by atoms with Crippen LogP contribution in [0.25, 0.3) is 21.9 Å². The Labute approximate surface area is 225 Å². The molecule has 14 nitrogen and oxygen atoms in total. The first-order chi connectivity index (χ1) is 19.0. The topological polar surface area (TPSA) is 251 Å². The van der Waals surface area contributed by atoms with Crippen LogP contribution in [0.4, 0.5) is 0 Å². The Balaban J connectivity index is 1.58. The van der Waals surface area contributed by atoms with Crippen LogP contribution in [-0.4, -0.2) is 107 Å². The number of phenols is 3. The van der Waals surface area contributed by atoms with Crippen LogP contribution < -0.4 is 10.2 Å². The maximum Gasteiger partial charge on any atom is 0.229 e. The van der Waals surface area contributed by atoms with E-state index in [0.29, 0.717) is 0 Å². The van der Waals surface area contributed by atoms with Gasteiger partial charge in [0, 0.05) is 30.2 Å². The predicted octanol–water partition coefficient (Wildman–Crippen LogP) is -1.55. The highest BCUT2D eigenvalue weighted by Crippen LogP contribution is 2.47. The third kappa shape index (κ3) is 4.61. The van der Waals surface area contributed by atoms with Crippen molar-refractivity contribution in [3.8, 4) is 23.0 Å². The van der Waals surface area contributed by atoms with E-state index in [9.17, 15) is 55.9 Å². The van der Waals surface area contributed by atoms with Gasteiger partial charge in [-0.2, -0.15) is 0 Å². The second-order valence-corrected chi connectivity index (χ2v) is 10.3. The number of aliphatic hydroxyl groups excluding tert-OH is 7. The molecular formula is C26H30O14. The zero-order valence-electron chi connectivity index (χ0n) is 20.9. The number of ether oxygens (including phenoxy) is 2. The third-order valence-electron chi connectivity index (χ3n) is 7.76. The van der Waals surface area contributed by atoms with E-state index in [1.54, 1.807) is 0 Å². The van der Waals surface area contributed by atoms with Gasteiger partial charge >= 0.3 is 0 Å². The van der Waals surface area contributed by atoms with E-state index in [2.05, 4.69) is 0 Å². The lowest BCUT2D eigenvalue weighted by Crippen LogP contribution is -2.60. The van der Waals surface area contributed by atoms with Gasteiger partial charge in [0.25, 0.3) is 0 Å². The average Bonchev–Trinajstić information content (AvgIpc) is 2.91. The number of aliphatic hydroxyl groups is 7. The van der Waals surface area contributed by atoms with Crippen LogP contribution in [0.1, 0.15) is 24.3 Å². The predicted molar refractivity (Wildman–Crippen MR) is 134 cm³/mol. The molecular weight excluding hydrogens is 536 g/mol. The maximum atomic E-state index is 13.6. The Bertz CT molecular complexity index is 1470. The van der Waals surface area contributed by atoms with E-state index in [1.165, 1.54) is 0 Å². The number of hydrogen-bond donors (Lipinski definition) is 10. The minimum absolute atomic E-state index is 0.0613. The Morgan fingerprint density at radius 2 is 1.52 bits per heavy atom. The zero-order chi connectivity index (χ0) is 29.0. The van der Waals surface area contributed by atoms with Crippen LogP contribution in [0.3, 0.4) is 0 Å². The minimum Gasteiger partial charge on any atom is -0.507 e. The molecule has 2 aliphatic rings. The normalized spacial score (nSPS) is 32.9. The summed E-state index contributed by atoms with van der Waals surface area (Å²) in [7, 11) is 0. The second kappa shape index (κ2) is 10.6. The number of phenolic OH excluding ortho intramolecular Hbond substituents is 3. The van der Waals surface area contributed by atoms with Crippen molar-refractivity contribution >= 4 is 21.9 Å². The fraction of sp³-hybridized carbons (Fsp3) is 0.500. The van der Waals surface area contributed by atoms with Crippen molar-refractivity contribution in [2.45, 2.75) is 61.7 Å². The Morgan fingerprint density at radius 3 is 2.20 bits per heavy atom. The zero-order valence-corrected chi connectivity index (χ0v) is 20.9. The van der Waals surface area contributed by atoms with Gasteiger partial charge in [-0.3, -0.25) is 4.79 Å². The largest absolute Gasteiger partial charge is 0.507 e. The maximum absolute atomic E-state index is 13.6. The lowest BCUT2D eigenvalue weighted by molar-refractivity contribution is -0.277. The summed E-state index contributed by atoms with van der Waals surface area (Å²) in [6, 6.07) is 3.17. The van der Waals surface area contributed by atoms with Crippen LogP contribution in [0.15, 0.2) is 27.4 Å². The van der Waals surface area contributed by atoms with Crippen LogP contribution in [0.2, 0.25) is 0 Å². The van der Waals surface area contributed by atoms with Crippen LogP contribution >= 0.6 is 0 Å². The summed E-state index contributed by atoms with van der Waals surface area (Å²) in [6.45, 7) is -1.16. The summed E-state index contributed by atoms with van der Waals surface area (Å²) in [6.07, 6.45) is -10.5. The summed E-state index contributed by atoms with van der Waals surface area (Å²) in [4.78, 5) is 13.6. The van der Waals surface area contributed by atoms with E-state index in [4.69, 9.17) is 13.9 Å². The molecule has 0 radical (unpaired) electrons. The molecule has 40 heavy (non-hydrogen) atoms. The Hall–Kier alpha value is -3.21. The molecule has 0 amide bonds. The summed E-state index contributed by atoms with van der Waals surface area (Å²) in [5.74, 6) is -3.48. The standard InChI is InChI=1S/C26H30O14/c27-6-9-1-8(2-13(31)20(9)32)18-12(30)5-16-19(23(18)35)21(33)10-3-15(11(29)4-14(10)38-16)39-26-25(37)24(36)22(34)17(7-28)40-26/h3-5,8-9,13,17,20,22,24-32,34-37H,1-2,6-7H2. The van der Waals surface area contributed by atoms with Gasteiger partial charge in [-0.05, 0) is 24.8 Å². The van der Waals surface area contributed by atoms with Crippen molar-refractivity contribution in [1.29, 1.82) is 0 Å². The first-order valence-electron chi connectivity index (χ1n) is 12.6. The van der Waals surface area contributed by atoms with Gasteiger partial charge in [0.1, 0.15) is 52.5 Å². The van der Waals surface area contributed by atoms with Crippen molar-refractivity contribution in [2.24, 2.45) is 5.92 Å². The molecule has 9 atom stereocenters. The summed E-state index contributed by atoms with van der Waals surface area (Å²) < 4.78 is 16.4. The van der Waals surface area contributed by atoms with Crippen molar-refractivity contribution in [2.75, 3.05) is 13.2 Å². The fourth-order valence-electron chi connectivity index (χ4n) is 5.56. The van der Waals surface area contributed by atoms with Gasteiger partial charge in [-0.15, -0.1) is 0 Å². The van der Waals surface area contributed by atoms with E-state index < -0.39 is 96.4 Å². The Morgan fingerprint density at radius 1 is 0.825 bits per heavy atom. The molecule has 14 heteroatoms. The van der Waals surface area contributed by atoms with Crippen molar-refractivity contribution in [3.05, 3.63) is 34.0 Å². The average molecular weight is 567 g/mol. The number of benzene rings is 2. The summed E-state index contributed by atoms with van der Waals surface area (Å²) in [5.41, 5.74) is -1.23. The lowest BCUT2D eigenvalue weighted by Gasteiger charge is -2.39.